The Hall–Kier alpha value is -3.98. The van der Waals surface area contributed by atoms with Crippen molar-refractivity contribution in [2.75, 3.05) is 0 Å². The van der Waals surface area contributed by atoms with Gasteiger partial charge in [0.05, 0.1) is 16.2 Å². The molecule has 0 saturated carbocycles. The van der Waals surface area contributed by atoms with Gasteiger partial charge in [-0.25, -0.2) is 5.43 Å². The van der Waals surface area contributed by atoms with E-state index in [2.05, 4.69) is 10.5 Å². The van der Waals surface area contributed by atoms with Crippen LogP contribution in [0.3, 0.4) is 0 Å². The summed E-state index contributed by atoms with van der Waals surface area (Å²) in [6.45, 7) is 0. The lowest BCUT2D eigenvalue weighted by molar-refractivity contribution is -0.384. The molecule has 3 aromatic carbocycles. The molecule has 8 nitrogen and oxygen atoms in total. The minimum atomic E-state index is -1.98. The van der Waals surface area contributed by atoms with Crippen LogP contribution in [0.15, 0.2) is 94.4 Å². The fourth-order valence-electron chi connectivity index (χ4n) is 3.46. The van der Waals surface area contributed by atoms with Crippen molar-refractivity contribution in [3.05, 3.63) is 122 Å². The van der Waals surface area contributed by atoms with Gasteiger partial charge in [0.1, 0.15) is 16.5 Å². The zero-order chi connectivity index (χ0) is 25.0. The summed E-state index contributed by atoms with van der Waals surface area (Å²) < 4.78 is 5.65. The fraction of sp³-hybridized carbons (Fsp3) is 0.0400. The van der Waals surface area contributed by atoms with Crippen molar-refractivity contribution >= 4 is 41.0 Å². The second-order valence-electron chi connectivity index (χ2n) is 7.38. The Kier molecular flexibility index (Phi) is 6.97. The first-order valence-corrected chi connectivity index (χ1v) is 11.0. The number of hydrazone groups is 1. The van der Waals surface area contributed by atoms with E-state index >= 15 is 0 Å². The van der Waals surface area contributed by atoms with Crippen molar-refractivity contribution in [2.45, 2.75) is 5.60 Å². The summed E-state index contributed by atoms with van der Waals surface area (Å²) >= 11 is 12.1. The first kappa shape index (κ1) is 24.2. The Morgan fingerprint density at radius 2 is 1.57 bits per heavy atom. The first-order valence-electron chi connectivity index (χ1n) is 10.2. The monoisotopic (exact) mass is 509 g/mol. The number of benzene rings is 3. The molecule has 0 bridgehead atoms. The molecule has 4 aromatic rings. The van der Waals surface area contributed by atoms with Gasteiger partial charge in [-0.2, -0.15) is 5.10 Å². The molecule has 0 radical (unpaired) electrons. The second-order valence-corrected chi connectivity index (χ2v) is 8.20. The Morgan fingerprint density at radius 3 is 2.14 bits per heavy atom. The highest BCUT2D eigenvalue weighted by molar-refractivity contribution is 6.37. The minimum absolute atomic E-state index is 0.0934. The summed E-state index contributed by atoms with van der Waals surface area (Å²) in [5.74, 6) is -0.293. The number of carbonyl (C=O) groups excluding carboxylic acids is 1. The molecular weight excluding hydrogens is 493 g/mol. The molecule has 1 amide bonds. The van der Waals surface area contributed by atoms with Crippen LogP contribution in [0.5, 0.6) is 0 Å². The van der Waals surface area contributed by atoms with Crippen molar-refractivity contribution in [1.82, 2.24) is 5.43 Å². The molecule has 35 heavy (non-hydrogen) atoms. The average molecular weight is 510 g/mol. The maximum atomic E-state index is 13.1. The maximum Gasteiger partial charge on any atom is 0.288 e. The van der Waals surface area contributed by atoms with Crippen LogP contribution in [0.4, 0.5) is 5.69 Å². The van der Waals surface area contributed by atoms with Gasteiger partial charge in [-0.05, 0) is 29.3 Å². The number of carbonyl (C=O) groups is 1. The quantitative estimate of drug-likeness (QED) is 0.192. The smallest absolute Gasteiger partial charge is 0.288 e. The van der Waals surface area contributed by atoms with Crippen LogP contribution in [0.25, 0.3) is 11.3 Å². The average Bonchev–Trinajstić information content (AvgIpc) is 3.33. The van der Waals surface area contributed by atoms with Crippen molar-refractivity contribution in [1.29, 1.82) is 0 Å². The molecule has 0 aliphatic carbocycles. The molecule has 1 aromatic heterocycles. The Balaban J connectivity index is 1.57. The largest absolute Gasteiger partial charge is 0.455 e. The first-order chi connectivity index (χ1) is 16.8. The van der Waals surface area contributed by atoms with Crippen molar-refractivity contribution in [2.24, 2.45) is 5.10 Å². The number of furan rings is 1. The predicted molar refractivity (Wildman–Crippen MR) is 132 cm³/mol. The number of hydrogen-bond donors (Lipinski definition) is 2. The molecule has 0 aliphatic heterocycles. The minimum Gasteiger partial charge on any atom is -0.455 e. The van der Waals surface area contributed by atoms with Crippen LogP contribution in [0.2, 0.25) is 10.0 Å². The molecule has 0 saturated heterocycles. The van der Waals surface area contributed by atoms with E-state index in [9.17, 15) is 20.0 Å². The van der Waals surface area contributed by atoms with Gasteiger partial charge in [-0.3, -0.25) is 14.9 Å². The van der Waals surface area contributed by atoms with Gasteiger partial charge in [-0.15, -0.1) is 0 Å². The van der Waals surface area contributed by atoms with Gasteiger partial charge in [0, 0.05) is 11.6 Å². The molecule has 176 valence electrons. The van der Waals surface area contributed by atoms with Gasteiger partial charge in [0.2, 0.25) is 0 Å². The van der Waals surface area contributed by atoms with Crippen molar-refractivity contribution < 1.29 is 19.2 Å². The molecule has 0 spiro atoms. The van der Waals surface area contributed by atoms with E-state index in [0.717, 1.165) is 0 Å². The normalized spacial score (nSPS) is 11.5. The Morgan fingerprint density at radius 1 is 0.971 bits per heavy atom. The number of hydrogen-bond acceptors (Lipinski definition) is 6. The molecule has 0 fully saturated rings. The van der Waals surface area contributed by atoms with Crippen molar-refractivity contribution in [3.63, 3.8) is 0 Å². The molecule has 10 heteroatoms. The third-order valence-electron chi connectivity index (χ3n) is 5.20. The fourth-order valence-corrected chi connectivity index (χ4v) is 4.00. The Labute approximate surface area is 209 Å². The third-order valence-corrected chi connectivity index (χ3v) is 5.81. The summed E-state index contributed by atoms with van der Waals surface area (Å²) in [6.07, 6.45) is 1.23. The third kappa shape index (κ3) is 4.95. The lowest BCUT2D eigenvalue weighted by atomic mass is 9.85. The second kappa shape index (κ2) is 10.1. The van der Waals surface area contributed by atoms with E-state index in [0.29, 0.717) is 11.1 Å². The summed E-state index contributed by atoms with van der Waals surface area (Å²) in [5, 5.41) is 26.6. The van der Waals surface area contributed by atoms with E-state index in [-0.39, 0.29) is 32.8 Å². The van der Waals surface area contributed by atoms with E-state index in [1.165, 1.54) is 18.3 Å². The highest BCUT2D eigenvalue weighted by atomic mass is 35.5. The van der Waals surface area contributed by atoms with Crippen LogP contribution in [0, 0.1) is 10.1 Å². The molecular formula is C25H17Cl2N3O5. The summed E-state index contributed by atoms with van der Waals surface area (Å²) in [4.78, 5) is 23.6. The summed E-state index contributed by atoms with van der Waals surface area (Å²) in [7, 11) is 0. The highest BCUT2D eigenvalue weighted by Crippen LogP contribution is 2.37. The number of halogens is 2. The lowest BCUT2D eigenvalue weighted by Gasteiger charge is -2.26. The zero-order valence-corrected chi connectivity index (χ0v) is 19.4. The number of nitrogens with zero attached hydrogens (tertiary/aromatic N) is 2. The van der Waals surface area contributed by atoms with Crippen LogP contribution < -0.4 is 5.43 Å². The van der Waals surface area contributed by atoms with Crippen LogP contribution >= 0.6 is 23.2 Å². The van der Waals surface area contributed by atoms with Gasteiger partial charge in [-0.1, -0.05) is 83.9 Å². The molecule has 0 unspecified atom stereocenters. The van der Waals surface area contributed by atoms with E-state index in [4.69, 9.17) is 27.6 Å². The maximum absolute atomic E-state index is 13.1. The van der Waals surface area contributed by atoms with Crippen LogP contribution in [0.1, 0.15) is 16.9 Å². The van der Waals surface area contributed by atoms with Gasteiger partial charge in [0.25, 0.3) is 11.6 Å². The molecule has 0 atom stereocenters. The number of aliphatic hydroxyl groups is 1. The van der Waals surface area contributed by atoms with Gasteiger partial charge < -0.3 is 9.52 Å². The van der Waals surface area contributed by atoms with Gasteiger partial charge >= 0.3 is 0 Å². The standard InChI is InChI=1S/C25H17Cl2N3O5/c26-20-14-21(27)22(30(33)34)13-19(20)23-12-11-18(35-23)15-28-29-24(31)25(32,16-7-3-1-4-8-16)17-9-5-2-6-10-17/h1-15,32H,(H,29,31)/b28-15+. The topological polar surface area (TPSA) is 118 Å². The van der Waals surface area contributed by atoms with E-state index in [1.807, 2.05) is 0 Å². The molecule has 2 N–H and O–H groups in total. The summed E-state index contributed by atoms with van der Waals surface area (Å²) in [5.41, 5.74) is 1.07. The number of rotatable bonds is 7. The molecule has 0 aliphatic rings. The molecule has 1 heterocycles. The molecule has 4 rings (SSSR count). The van der Waals surface area contributed by atoms with Gasteiger partial charge in [0.15, 0.2) is 5.60 Å². The van der Waals surface area contributed by atoms with Crippen molar-refractivity contribution in [3.8, 4) is 11.3 Å². The highest BCUT2D eigenvalue weighted by Gasteiger charge is 2.39. The number of amides is 1. The van der Waals surface area contributed by atoms with Crippen LogP contribution in [-0.4, -0.2) is 22.2 Å². The van der Waals surface area contributed by atoms with Crippen LogP contribution in [-0.2, 0) is 10.4 Å². The SMILES string of the molecule is O=C(N/N=C/c1ccc(-c2cc([N+](=O)[O-])c(Cl)cc2Cl)o1)C(O)(c1ccccc1)c1ccccc1. The van der Waals surface area contributed by atoms with E-state index in [1.54, 1.807) is 72.8 Å². The predicted octanol–water partition coefficient (Wildman–Crippen LogP) is 5.55. The number of nitro benzene ring substituents is 1. The zero-order valence-electron chi connectivity index (χ0n) is 17.9. The number of nitro groups is 1. The van der Waals surface area contributed by atoms with E-state index < -0.39 is 16.4 Å². The Bertz CT molecular complexity index is 1370. The lowest BCUT2D eigenvalue weighted by Crippen LogP contribution is -2.43. The summed E-state index contributed by atoms with van der Waals surface area (Å²) in [6, 6.07) is 22.6. The number of nitrogens with one attached hydrogen (secondary N) is 1.